The summed E-state index contributed by atoms with van der Waals surface area (Å²) >= 11 is 0. The first-order valence-electron chi connectivity index (χ1n) is 10.1. The molecule has 4 aromatic rings. The molecule has 1 aliphatic heterocycles. The molecule has 1 aliphatic rings. The summed E-state index contributed by atoms with van der Waals surface area (Å²) in [5.74, 6) is 0.936. The highest BCUT2D eigenvalue weighted by molar-refractivity contribution is 6.62. The molecule has 1 N–H and O–H groups in total. The fourth-order valence-corrected chi connectivity index (χ4v) is 3.89. The zero-order chi connectivity index (χ0) is 20.4. The lowest BCUT2D eigenvalue weighted by molar-refractivity contribution is 0.00578. The second-order valence-corrected chi connectivity index (χ2v) is 8.96. The van der Waals surface area contributed by atoms with E-state index in [1.807, 2.05) is 6.92 Å². The number of fused-ring (bicyclic) bond motifs is 2. The van der Waals surface area contributed by atoms with Gasteiger partial charge in [0.25, 0.3) is 0 Å². The number of benzene rings is 3. The highest BCUT2D eigenvalue weighted by Crippen LogP contribution is 2.36. The Bertz CT molecular complexity index is 1230. The summed E-state index contributed by atoms with van der Waals surface area (Å²) in [5.41, 5.74) is 4.82. The van der Waals surface area contributed by atoms with Gasteiger partial charge in [-0.3, -0.25) is 0 Å². The van der Waals surface area contributed by atoms with Crippen molar-refractivity contribution in [3.05, 3.63) is 60.4 Å². The predicted molar refractivity (Wildman–Crippen MR) is 119 cm³/mol. The smallest absolute Gasteiger partial charge is 0.399 e. The molecule has 0 atom stereocenters. The highest BCUT2D eigenvalue weighted by Gasteiger charge is 2.51. The van der Waals surface area contributed by atoms with Crippen LogP contribution in [0.5, 0.6) is 0 Å². The average molecular weight is 384 g/mol. The molecule has 0 unspecified atom stereocenters. The van der Waals surface area contributed by atoms with E-state index in [0.717, 1.165) is 22.3 Å². The zero-order valence-corrected chi connectivity index (χ0v) is 17.5. The second kappa shape index (κ2) is 6.18. The van der Waals surface area contributed by atoms with Crippen molar-refractivity contribution in [1.29, 1.82) is 0 Å². The van der Waals surface area contributed by atoms with Crippen LogP contribution in [0.4, 0.5) is 0 Å². The lowest BCUT2D eigenvalue weighted by Gasteiger charge is -2.32. The van der Waals surface area contributed by atoms with E-state index in [4.69, 9.17) is 9.31 Å². The molecular formula is C24H25BN2O2. The fraction of sp³-hybridized carbons (Fsp3) is 0.292. The van der Waals surface area contributed by atoms with Gasteiger partial charge in [0.1, 0.15) is 5.82 Å². The van der Waals surface area contributed by atoms with Crippen molar-refractivity contribution in [2.24, 2.45) is 0 Å². The molecule has 1 aromatic heterocycles. The monoisotopic (exact) mass is 384 g/mol. The summed E-state index contributed by atoms with van der Waals surface area (Å²) in [6.45, 7) is 10.3. The maximum absolute atomic E-state index is 6.20. The van der Waals surface area contributed by atoms with E-state index in [2.05, 4.69) is 92.3 Å². The maximum Gasteiger partial charge on any atom is 0.494 e. The Morgan fingerprint density at radius 1 is 0.793 bits per heavy atom. The van der Waals surface area contributed by atoms with Gasteiger partial charge in [-0.15, -0.1) is 0 Å². The highest BCUT2D eigenvalue weighted by atomic mass is 16.7. The number of hydrogen-bond acceptors (Lipinski definition) is 3. The Kier molecular flexibility index (Phi) is 3.93. The maximum atomic E-state index is 6.20. The summed E-state index contributed by atoms with van der Waals surface area (Å²) < 4.78 is 12.4. The van der Waals surface area contributed by atoms with Crippen molar-refractivity contribution in [2.45, 2.75) is 45.8 Å². The molecule has 5 rings (SSSR count). The number of aromatic nitrogens is 2. The Morgan fingerprint density at radius 3 is 2.17 bits per heavy atom. The molecule has 0 aliphatic carbocycles. The number of rotatable bonds is 2. The van der Waals surface area contributed by atoms with Crippen LogP contribution in [-0.4, -0.2) is 28.3 Å². The Morgan fingerprint density at radius 2 is 1.41 bits per heavy atom. The first-order valence-corrected chi connectivity index (χ1v) is 10.1. The molecule has 4 nitrogen and oxygen atoms in total. The predicted octanol–water partition coefficient (Wildman–Crippen LogP) is 4.99. The summed E-state index contributed by atoms with van der Waals surface area (Å²) in [4.78, 5) is 7.81. The van der Waals surface area contributed by atoms with Crippen LogP contribution in [-0.2, 0) is 9.31 Å². The minimum atomic E-state index is -0.338. The van der Waals surface area contributed by atoms with Gasteiger partial charge < -0.3 is 14.3 Å². The van der Waals surface area contributed by atoms with Crippen LogP contribution < -0.4 is 5.46 Å². The molecule has 0 spiro atoms. The third-order valence-corrected chi connectivity index (χ3v) is 6.32. The molecule has 0 amide bonds. The van der Waals surface area contributed by atoms with E-state index in [1.54, 1.807) is 0 Å². The third kappa shape index (κ3) is 3.05. The van der Waals surface area contributed by atoms with E-state index < -0.39 is 0 Å². The molecule has 29 heavy (non-hydrogen) atoms. The molecule has 146 valence electrons. The Labute approximate surface area is 171 Å². The van der Waals surface area contributed by atoms with Crippen LogP contribution in [0.1, 0.15) is 33.5 Å². The number of hydrogen-bond donors (Lipinski definition) is 1. The number of aryl methyl sites for hydroxylation is 1. The van der Waals surface area contributed by atoms with Gasteiger partial charge in [-0.2, -0.15) is 0 Å². The first-order chi connectivity index (χ1) is 13.7. The fourth-order valence-electron chi connectivity index (χ4n) is 3.89. The molecule has 0 saturated carbocycles. The first kappa shape index (κ1) is 18.4. The van der Waals surface area contributed by atoms with Crippen molar-refractivity contribution < 1.29 is 9.31 Å². The lowest BCUT2D eigenvalue weighted by atomic mass is 9.78. The van der Waals surface area contributed by atoms with Gasteiger partial charge in [-0.25, -0.2) is 4.98 Å². The number of aromatic amines is 1. The van der Waals surface area contributed by atoms with Crippen LogP contribution in [0.15, 0.2) is 54.6 Å². The normalized spacial score (nSPS) is 18.0. The van der Waals surface area contributed by atoms with Crippen LogP contribution in [0.25, 0.3) is 32.9 Å². The lowest BCUT2D eigenvalue weighted by Crippen LogP contribution is -2.41. The molecule has 2 heterocycles. The SMILES string of the molecule is Cc1nc2ccc(-c3ccc4cc(B5OC(C)(C)C(C)(C)O5)ccc4c3)cc2[nH]1. The van der Waals surface area contributed by atoms with E-state index in [9.17, 15) is 0 Å². The number of nitrogens with zero attached hydrogens (tertiary/aromatic N) is 1. The van der Waals surface area contributed by atoms with Gasteiger partial charge in [-0.1, -0.05) is 36.4 Å². The molecule has 1 saturated heterocycles. The van der Waals surface area contributed by atoms with Gasteiger partial charge in [0.05, 0.1) is 22.2 Å². The molecular weight excluding hydrogens is 359 g/mol. The molecule has 0 bridgehead atoms. The topological polar surface area (TPSA) is 47.1 Å². The van der Waals surface area contributed by atoms with E-state index in [-0.39, 0.29) is 18.3 Å². The Balaban J connectivity index is 1.49. The van der Waals surface area contributed by atoms with Crippen molar-refractivity contribution in [1.82, 2.24) is 9.97 Å². The summed E-state index contributed by atoms with van der Waals surface area (Å²) in [7, 11) is -0.338. The minimum Gasteiger partial charge on any atom is -0.399 e. The number of imidazole rings is 1. The van der Waals surface area contributed by atoms with Gasteiger partial charge >= 0.3 is 7.12 Å². The zero-order valence-electron chi connectivity index (χ0n) is 17.5. The largest absolute Gasteiger partial charge is 0.494 e. The van der Waals surface area contributed by atoms with E-state index in [0.29, 0.717) is 0 Å². The van der Waals surface area contributed by atoms with Crippen molar-refractivity contribution in [3.8, 4) is 11.1 Å². The van der Waals surface area contributed by atoms with Gasteiger partial charge in [-0.05, 0) is 80.2 Å². The second-order valence-electron chi connectivity index (χ2n) is 8.96. The van der Waals surface area contributed by atoms with E-state index >= 15 is 0 Å². The van der Waals surface area contributed by atoms with Crippen LogP contribution in [0, 0.1) is 6.92 Å². The van der Waals surface area contributed by atoms with Crippen LogP contribution in [0.3, 0.4) is 0 Å². The average Bonchev–Trinajstić information content (AvgIpc) is 3.15. The summed E-state index contributed by atoms with van der Waals surface area (Å²) in [6.07, 6.45) is 0. The number of nitrogens with one attached hydrogen (secondary N) is 1. The van der Waals surface area contributed by atoms with Crippen molar-refractivity contribution in [2.75, 3.05) is 0 Å². The molecule has 5 heteroatoms. The Hall–Kier alpha value is -2.63. The third-order valence-electron chi connectivity index (χ3n) is 6.32. The van der Waals surface area contributed by atoms with Crippen LogP contribution >= 0.6 is 0 Å². The summed E-state index contributed by atoms with van der Waals surface area (Å²) in [6, 6.07) is 19.4. The minimum absolute atomic E-state index is 0.333. The number of H-pyrrole nitrogens is 1. The van der Waals surface area contributed by atoms with Crippen molar-refractivity contribution in [3.63, 3.8) is 0 Å². The molecule has 0 radical (unpaired) electrons. The standard InChI is InChI=1S/C24H25BN2O2/c1-15-26-21-11-9-19(14-22(21)27-15)16-6-7-18-13-20(10-8-17(18)12-16)25-28-23(2,3)24(4,5)29-25/h6-14H,1-5H3,(H,26,27). The van der Waals surface area contributed by atoms with Gasteiger partial charge in [0.2, 0.25) is 0 Å². The van der Waals surface area contributed by atoms with Gasteiger partial charge in [0, 0.05) is 0 Å². The molecule has 1 fully saturated rings. The van der Waals surface area contributed by atoms with Crippen molar-refractivity contribution >= 4 is 34.4 Å². The molecule has 3 aromatic carbocycles. The quantitative estimate of drug-likeness (QED) is 0.496. The summed E-state index contributed by atoms with van der Waals surface area (Å²) in [5, 5.41) is 2.38. The van der Waals surface area contributed by atoms with Gasteiger partial charge in [0.15, 0.2) is 0 Å². The van der Waals surface area contributed by atoms with E-state index in [1.165, 1.54) is 21.9 Å². The van der Waals surface area contributed by atoms with Crippen LogP contribution in [0.2, 0.25) is 0 Å².